The van der Waals surface area contributed by atoms with Gasteiger partial charge in [-0.1, -0.05) is 76.3 Å². The Balaban J connectivity index is 1.56. The van der Waals surface area contributed by atoms with Crippen LogP contribution in [0.5, 0.6) is 0 Å². The Morgan fingerprint density at radius 3 is 1.28 bits per heavy atom. The number of carbonyl (C=O) groups excluding carboxylic acids is 8. The molecule has 21 nitrogen and oxygen atoms in total. The van der Waals surface area contributed by atoms with Gasteiger partial charge in [-0.05, 0) is 115 Å². The first-order valence-corrected chi connectivity index (χ1v) is 28.1. The topological polar surface area (TPSA) is 321 Å². The molecule has 12 atom stereocenters. The second-order valence-electron chi connectivity index (χ2n) is 22.0. The third-order valence-corrected chi connectivity index (χ3v) is 15.4. The van der Waals surface area contributed by atoms with Crippen LogP contribution in [0.3, 0.4) is 0 Å². The van der Waals surface area contributed by atoms with Crippen molar-refractivity contribution in [3.8, 4) is 0 Å². The number of hydrogen-bond donors (Lipinski definition) is 7. The maximum Gasteiger partial charge on any atom is 0.405 e. The maximum atomic E-state index is 14.3. The van der Waals surface area contributed by atoms with Crippen LogP contribution in [-0.4, -0.2) is 148 Å². The highest BCUT2D eigenvalue weighted by molar-refractivity contribution is 6.24. The summed E-state index contributed by atoms with van der Waals surface area (Å²) < 4.78 is 33.7. The van der Waals surface area contributed by atoms with Crippen molar-refractivity contribution in [1.29, 1.82) is 0 Å². The summed E-state index contributed by atoms with van der Waals surface area (Å²) in [6.07, 6.45) is 7.73. The molecule has 83 heavy (non-hydrogen) atoms. The molecule has 0 fully saturated rings. The molecule has 4 bridgehead atoms. The van der Waals surface area contributed by atoms with Crippen LogP contribution < -0.4 is 27.4 Å². The van der Waals surface area contributed by atoms with E-state index < -0.39 is 108 Å². The van der Waals surface area contributed by atoms with E-state index in [0.717, 1.165) is 12.2 Å². The van der Waals surface area contributed by atoms with E-state index in [4.69, 9.17) is 39.9 Å². The average molecular weight is 1160 g/mol. The lowest BCUT2D eigenvalue weighted by atomic mass is 9.82. The fourth-order valence-corrected chi connectivity index (χ4v) is 10.7. The molecule has 2 heterocycles. The molecule has 2 aliphatic heterocycles. The molecule has 2 aliphatic carbocycles. The van der Waals surface area contributed by atoms with Crippen LogP contribution in [0.1, 0.15) is 107 Å². The molecule has 0 saturated carbocycles. The molecular formula is C62H87N5O16. The number of fused-ring (bicyclic) bond motifs is 4. The summed E-state index contributed by atoms with van der Waals surface area (Å²) in [5.74, 6) is -4.80. The molecule has 4 aliphatic rings. The van der Waals surface area contributed by atoms with Crippen molar-refractivity contribution in [2.45, 2.75) is 156 Å². The van der Waals surface area contributed by atoms with E-state index in [0.29, 0.717) is 48.2 Å². The van der Waals surface area contributed by atoms with Crippen molar-refractivity contribution in [3.63, 3.8) is 0 Å². The first-order valence-electron chi connectivity index (χ1n) is 28.1. The molecule has 456 valence electrons. The number of aliphatic hydroxyl groups is 2. The van der Waals surface area contributed by atoms with E-state index in [1.54, 1.807) is 52.0 Å². The molecule has 0 radical (unpaired) electrons. The van der Waals surface area contributed by atoms with Gasteiger partial charge in [-0.3, -0.25) is 28.8 Å². The Kier molecular flexibility index (Phi) is 27.3. The van der Waals surface area contributed by atoms with E-state index in [-0.39, 0.29) is 84.0 Å². The molecular weight excluding hydrogens is 1070 g/mol. The highest BCUT2D eigenvalue weighted by Crippen LogP contribution is 2.33. The predicted molar refractivity (Wildman–Crippen MR) is 310 cm³/mol. The van der Waals surface area contributed by atoms with Crippen molar-refractivity contribution < 1.29 is 77.0 Å². The zero-order valence-corrected chi connectivity index (χ0v) is 50.0. The lowest BCUT2D eigenvalue weighted by Crippen LogP contribution is -2.37. The molecule has 4 amide bonds. The van der Waals surface area contributed by atoms with Crippen molar-refractivity contribution in [3.05, 3.63) is 117 Å². The number of carbonyl (C=O) groups is 8. The number of Topliss-reactive ketones (excluding diaryl/α,β-unsaturated/α-hetero) is 2. The number of ketones is 4. The third kappa shape index (κ3) is 19.7. The van der Waals surface area contributed by atoms with Gasteiger partial charge < -0.3 is 66.1 Å². The summed E-state index contributed by atoms with van der Waals surface area (Å²) in [6, 6.07) is 0. The number of primary amides is 2. The van der Waals surface area contributed by atoms with Crippen LogP contribution in [0, 0.1) is 23.7 Å². The predicted octanol–water partition coefficient (Wildman–Crippen LogP) is 5.77. The maximum absolute atomic E-state index is 14.3. The Bertz CT molecular complexity index is 2560. The fourth-order valence-electron chi connectivity index (χ4n) is 10.7. The molecule has 0 unspecified atom stereocenters. The van der Waals surface area contributed by atoms with Crippen molar-refractivity contribution >= 4 is 47.1 Å². The minimum Gasteiger partial charge on any atom is -0.439 e. The van der Waals surface area contributed by atoms with Crippen LogP contribution >= 0.6 is 0 Å². The van der Waals surface area contributed by atoms with Crippen LogP contribution in [0.15, 0.2) is 117 Å². The van der Waals surface area contributed by atoms with Gasteiger partial charge in [0.05, 0.1) is 35.8 Å². The first-order chi connectivity index (χ1) is 39.3. The number of nitrogens with two attached hydrogens (primary N) is 2. The second-order valence-corrected chi connectivity index (χ2v) is 22.0. The van der Waals surface area contributed by atoms with Crippen LogP contribution in [0.25, 0.3) is 0 Å². The lowest BCUT2D eigenvalue weighted by molar-refractivity contribution is -0.120. The summed E-state index contributed by atoms with van der Waals surface area (Å²) in [4.78, 5) is 108. The Labute approximate surface area is 487 Å². The van der Waals surface area contributed by atoms with Gasteiger partial charge in [0.25, 0.3) is 11.8 Å². The smallest absolute Gasteiger partial charge is 0.405 e. The first kappa shape index (κ1) is 68.8. The molecule has 4 rings (SSSR count). The zero-order chi connectivity index (χ0) is 61.8. The summed E-state index contributed by atoms with van der Waals surface area (Å²) in [7, 11) is 5.77. The number of nitrogens with one attached hydrogen (secondary N) is 3. The molecule has 0 saturated heterocycles. The van der Waals surface area contributed by atoms with E-state index in [9.17, 15) is 48.6 Å². The monoisotopic (exact) mass is 1160 g/mol. The highest BCUT2D eigenvalue weighted by Gasteiger charge is 2.36. The lowest BCUT2D eigenvalue weighted by Gasteiger charge is -2.30. The zero-order valence-electron chi connectivity index (χ0n) is 50.0. The summed E-state index contributed by atoms with van der Waals surface area (Å²) in [6.45, 7) is 14.6. The standard InChI is InChI=1S/C62H87N5O16/c1-33-25-43-41(47(68)31-45(55(43)72)66-59(74)35(3)17-13-21-49(78-9)57(82-61(63)76)39(7)29-37(5)53(70)51(27-33)80-11)19-15-23-65-24-16-20-42-44-26-34(2)28-52(81-12)54(71)38(6)30-40(8)58(83-62(64)77)50(79-10)22-14-18-36(4)60(75)67-46(56(44)73)32-48(42)69/h13-14,17-18,21-22,29-34,37-38,49-54,57-58,65,70-71H,15-16,19-20,23-28H2,1-12H3,(H2,63,76)(H2,64,77)(H,66,74)(H,67,75)/b21-13-,22-14-,35-17+,36-18+,39-29+,40-30+/t33-,34-,37+,38+,49-,50+,51+,52+,53+,54-,57+,58+/m1/s1. The summed E-state index contributed by atoms with van der Waals surface area (Å²) >= 11 is 0. The molecule has 0 spiro atoms. The molecule has 21 heteroatoms. The number of amides is 4. The van der Waals surface area contributed by atoms with Crippen LogP contribution in [0.2, 0.25) is 0 Å². The molecule has 0 aromatic rings. The Morgan fingerprint density at radius 2 is 0.952 bits per heavy atom. The Hall–Kier alpha value is -6.72. The van der Waals surface area contributed by atoms with Crippen molar-refractivity contribution in [2.24, 2.45) is 35.1 Å². The van der Waals surface area contributed by atoms with Gasteiger partial charge in [-0.25, -0.2) is 9.59 Å². The van der Waals surface area contributed by atoms with Gasteiger partial charge in [0.1, 0.15) is 12.2 Å². The van der Waals surface area contributed by atoms with Crippen molar-refractivity contribution in [1.82, 2.24) is 16.0 Å². The number of methoxy groups -OCH3 is 4. The van der Waals surface area contributed by atoms with Crippen molar-refractivity contribution in [2.75, 3.05) is 41.5 Å². The van der Waals surface area contributed by atoms with E-state index in [1.807, 2.05) is 13.8 Å². The molecule has 0 aromatic carbocycles. The van der Waals surface area contributed by atoms with Gasteiger partial charge in [0, 0.05) is 85.9 Å². The van der Waals surface area contributed by atoms with Gasteiger partial charge in [0.2, 0.25) is 11.6 Å². The fraction of sp³-hybridized carbons (Fsp3) is 0.548. The van der Waals surface area contributed by atoms with Gasteiger partial charge in [-0.15, -0.1) is 0 Å². The average Bonchev–Trinajstić information content (AvgIpc) is 3.60. The van der Waals surface area contributed by atoms with Gasteiger partial charge in [0.15, 0.2) is 23.8 Å². The van der Waals surface area contributed by atoms with E-state index >= 15 is 0 Å². The largest absolute Gasteiger partial charge is 0.439 e. The highest BCUT2D eigenvalue weighted by atomic mass is 16.6. The number of aliphatic hydroxyl groups excluding tert-OH is 2. The van der Waals surface area contributed by atoms with Crippen LogP contribution in [-0.2, 0) is 57.2 Å². The number of ether oxygens (including phenoxy) is 6. The van der Waals surface area contributed by atoms with Gasteiger partial charge >= 0.3 is 12.2 Å². The number of hydrogen-bond acceptors (Lipinski definition) is 17. The summed E-state index contributed by atoms with van der Waals surface area (Å²) in [5.41, 5.74) is 13.1. The van der Waals surface area contributed by atoms with E-state index in [2.05, 4.69) is 16.0 Å². The molecule has 0 aromatic heterocycles. The summed E-state index contributed by atoms with van der Waals surface area (Å²) in [5, 5.41) is 31.8. The number of allylic oxidation sites excluding steroid dienone is 10. The van der Waals surface area contributed by atoms with Crippen LogP contribution in [0.4, 0.5) is 9.59 Å². The SMILES string of the molecule is CO[C@H]1/C=C\C=C(/C)C(=O)NC2=CC(=O)C(CCCNCCCC3=C4C[C@@H](C)C[C@H](OC)[C@@H](O)[C@@H](C)/C=C(\C)[C@H](OC(N)=O)[C@H](OC)/C=C\C=C(/C)C(=O)NC(=CC3=O)C4=O)=C(C[C@@H](C)C[C@H](OC)[C@H](O)[C@@H](C)/C=C(\C)[C@@H]1OC(N)=O)C2=O. The third-order valence-electron chi connectivity index (χ3n) is 15.4. The number of rotatable bonds is 14. The normalized spacial score (nSPS) is 32.3. The second kappa shape index (κ2) is 32.9. The Morgan fingerprint density at radius 1 is 0.590 bits per heavy atom. The quantitative estimate of drug-likeness (QED) is 0.0616. The van der Waals surface area contributed by atoms with Gasteiger partial charge in [-0.2, -0.15) is 0 Å². The minimum absolute atomic E-state index is 0.127. The molecule has 9 N–H and O–H groups in total. The van der Waals surface area contributed by atoms with E-state index in [1.165, 1.54) is 66.6 Å². The minimum atomic E-state index is -1.05.